The molecule has 0 spiro atoms. The smallest absolute Gasteiger partial charge is 0.429 e. The molecule has 0 aliphatic rings. The Hall–Kier alpha value is -3.55. The fourth-order valence-electron chi connectivity index (χ4n) is 4.01. The summed E-state index contributed by atoms with van der Waals surface area (Å²) in [5.41, 5.74) is -0.0291. The first kappa shape index (κ1) is 25.5. The third-order valence-electron chi connectivity index (χ3n) is 5.88. The lowest BCUT2D eigenvalue weighted by atomic mass is 9.99. The van der Waals surface area contributed by atoms with Gasteiger partial charge in [-0.3, -0.25) is 0 Å². The van der Waals surface area contributed by atoms with Gasteiger partial charge in [-0.2, -0.15) is 8.78 Å². The number of halogens is 7. The van der Waals surface area contributed by atoms with Gasteiger partial charge in [0.2, 0.25) is 0 Å². The first-order valence-corrected chi connectivity index (χ1v) is 11.3. The minimum atomic E-state index is -4.46. The van der Waals surface area contributed by atoms with Crippen LogP contribution in [0.25, 0.3) is 21.9 Å². The zero-order chi connectivity index (χ0) is 26.0. The van der Waals surface area contributed by atoms with Crippen LogP contribution in [0.3, 0.4) is 0 Å². The van der Waals surface area contributed by atoms with Gasteiger partial charge in [0.1, 0.15) is 22.9 Å². The van der Waals surface area contributed by atoms with Gasteiger partial charge in [-0.15, -0.1) is 0 Å². The highest BCUT2D eigenvalue weighted by Gasteiger charge is 2.41. The van der Waals surface area contributed by atoms with Crippen molar-refractivity contribution in [2.45, 2.75) is 38.7 Å². The molecule has 0 unspecified atom stereocenters. The minimum absolute atomic E-state index is 0.0725. The highest BCUT2D eigenvalue weighted by molar-refractivity contribution is 5.84. The standard InChI is InChI=1S/C28H21F7O/c1-2-3-4-5-16-6-8-17(9-7-16)18-13-22(29)25(23(30)14-18)28(34,35)36-20-10-11-21-19(12-20)15-24(31)27(33)26(21)32/h6-15H,2-5H2,1H3. The first-order valence-electron chi connectivity index (χ1n) is 11.3. The molecule has 0 aliphatic carbocycles. The number of fused-ring (bicyclic) bond motifs is 1. The van der Waals surface area contributed by atoms with Crippen LogP contribution in [-0.2, 0) is 12.5 Å². The number of alkyl halides is 2. The summed E-state index contributed by atoms with van der Waals surface area (Å²) >= 11 is 0. The number of unbranched alkanes of at least 4 members (excludes halogenated alkanes) is 2. The van der Waals surface area contributed by atoms with Gasteiger partial charge in [-0.1, -0.05) is 44.0 Å². The number of aryl methyl sites for hydroxylation is 1. The molecule has 4 rings (SSSR count). The molecular weight excluding hydrogens is 485 g/mol. The van der Waals surface area contributed by atoms with Gasteiger partial charge in [0.15, 0.2) is 17.5 Å². The van der Waals surface area contributed by atoms with Gasteiger partial charge >= 0.3 is 6.11 Å². The Labute approximate surface area is 203 Å². The second-order valence-corrected chi connectivity index (χ2v) is 8.46. The molecular formula is C28H21F7O. The van der Waals surface area contributed by atoms with E-state index in [9.17, 15) is 30.7 Å². The molecule has 4 aromatic rings. The van der Waals surface area contributed by atoms with E-state index in [4.69, 9.17) is 0 Å². The number of hydrogen-bond acceptors (Lipinski definition) is 1. The monoisotopic (exact) mass is 506 g/mol. The van der Waals surface area contributed by atoms with Crippen molar-refractivity contribution in [3.8, 4) is 16.9 Å². The summed E-state index contributed by atoms with van der Waals surface area (Å²) in [5, 5.41) is -0.642. The first-order chi connectivity index (χ1) is 17.1. The number of hydrogen-bond donors (Lipinski definition) is 0. The van der Waals surface area contributed by atoms with Crippen molar-refractivity contribution in [2.24, 2.45) is 0 Å². The fourth-order valence-corrected chi connectivity index (χ4v) is 4.01. The van der Waals surface area contributed by atoms with E-state index in [-0.39, 0.29) is 16.3 Å². The summed E-state index contributed by atoms with van der Waals surface area (Å²) in [6.45, 7) is 2.09. The molecule has 36 heavy (non-hydrogen) atoms. The maximum absolute atomic E-state index is 14.8. The highest BCUT2D eigenvalue weighted by atomic mass is 19.3. The lowest BCUT2D eigenvalue weighted by Crippen LogP contribution is -2.25. The zero-order valence-electron chi connectivity index (χ0n) is 19.2. The topological polar surface area (TPSA) is 9.23 Å². The zero-order valence-corrected chi connectivity index (χ0v) is 19.2. The molecule has 0 amide bonds. The van der Waals surface area contributed by atoms with E-state index < -0.39 is 46.5 Å². The summed E-state index contributed by atoms with van der Waals surface area (Å²) < 4.78 is 104. The van der Waals surface area contributed by atoms with Crippen LogP contribution in [0.5, 0.6) is 5.75 Å². The van der Waals surface area contributed by atoms with Gasteiger partial charge < -0.3 is 4.74 Å². The van der Waals surface area contributed by atoms with Crippen LogP contribution in [0.2, 0.25) is 0 Å². The lowest BCUT2D eigenvalue weighted by molar-refractivity contribution is -0.189. The summed E-state index contributed by atoms with van der Waals surface area (Å²) in [6.07, 6.45) is -0.416. The second-order valence-electron chi connectivity index (χ2n) is 8.46. The van der Waals surface area contributed by atoms with E-state index in [1.807, 2.05) is 12.1 Å². The molecule has 0 N–H and O–H groups in total. The van der Waals surface area contributed by atoms with E-state index in [0.717, 1.165) is 61.6 Å². The molecule has 0 radical (unpaired) electrons. The fraction of sp³-hybridized carbons (Fsp3) is 0.214. The van der Waals surface area contributed by atoms with Crippen LogP contribution in [0.4, 0.5) is 30.7 Å². The maximum atomic E-state index is 14.8. The van der Waals surface area contributed by atoms with Gasteiger partial charge in [0.05, 0.1) is 0 Å². The summed E-state index contributed by atoms with van der Waals surface area (Å²) in [7, 11) is 0. The van der Waals surface area contributed by atoms with Crippen molar-refractivity contribution in [1.82, 2.24) is 0 Å². The summed E-state index contributed by atoms with van der Waals surface area (Å²) in [5.74, 6) is -8.41. The third kappa shape index (κ3) is 5.17. The molecule has 0 bridgehead atoms. The van der Waals surface area contributed by atoms with E-state index >= 15 is 0 Å². The SMILES string of the molecule is CCCCCc1ccc(-c2cc(F)c(C(F)(F)Oc3ccc4c(F)c(F)c(F)cc4c3)c(F)c2)cc1. The van der Waals surface area contributed by atoms with E-state index in [1.165, 1.54) is 0 Å². The highest BCUT2D eigenvalue weighted by Crippen LogP contribution is 2.38. The molecule has 0 atom stereocenters. The van der Waals surface area contributed by atoms with Gasteiger partial charge in [-0.25, -0.2) is 22.0 Å². The molecule has 188 valence electrons. The summed E-state index contributed by atoms with van der Waals surface area (Å²) in [6, 6.07) is 11.7. The molecule has 0 saturated heterocycles. The molecule has 1 nitrogen and oxygen atoms in total. The molecule has 0 fully saturated rings. The Kier molecular flexibility index (Phi) is 7.24. The van der Waals surface area contributed by atoms with Crippen LogP contribution in [0.1, 0.15) is 37.3 Å². The van der Waals surface area contributed by atoms with E-state index in [0.29, 0.717) is 11.6 Å². The Balaban J connectivity index is 1.60. The molecule has 0 aromatic heterocycles. The molecule has 0 heterocycles. The van der Waals surface area contributed by atoms with Crippen LogP contribution in [0.15, 0.2) is 60.7 Å². The normalized spacial score (nSPS) is 11.8. The van der Waals surface area contributed by atoms with Crippen LogP contribution in [-0.4, -0.2) is 0 Å². The van der Waals surface area contributed by atoms with E-state index in [2.05, 4.69) is 11.7 Å². The molecule has 8 heteroatoms. The van der Waals surface area contributed by atoms with Gasteiger partial charge in [0.25, 0.3) is 0 Å². The Morgan fingerprint density at radius 1 is 0.694 bits per heavy atom. The number of benzene rings is 4. The van der Waals surface area contributed by atoms with Gasteiger partial charge in [-0.05, 0) is 71.3 Å². The average Bonchev–Trinajstić information content (AvgIpc) is 2.82. The van der Waals surface area contributed by atoms with Crippen LogP contribution < -0.4 is 4.74 Å². The van der Waals surface area contributed by atoms with Crippen LogP contribution in [0, 0.1) is 29.1 Å². The number of ether oxygens (including phenoxy) is 1. The predicted octanol–water partition coefficient (Wildman–Crippen LogP) is 9.06. The maximum Gasteiger partial charge on any atom is 0.432 e. The van der Waals surface area contributed by atoms with Crippen molar-refractivity contribution in [1.29, 1.82) is 0 Å². The molecule has 4 aromatic carbocycles. The second kappa shape index (κ2) is 10.2. The molecule has 0 aliphatic heterocycles. The largest absolute Gasteiger partial charge is 0.432 e. The quantitative estimate of drug-likeness (QED) is 0.132. The third-order valence-corrected chi connectivity index (χ3v) is 5.88. The van der Waals surface area contributed by atoms with Crippen molar-refractivity contribution in [2.75, 3.05) is 0 Å². The Bertz CT molecular complexity index is 1370. The van der Waals surface area contributed by atoms with Crippen molar-refractivity contribution < 1.29 is 35.5 Å². The van der Waals surface area contributed by atoms with Crippen LogP contribution >= 0.6 is 0 Å². The average molecular weight is 506 g/mol. The predicted molar refractivity (Wildman–Crippen MR) is 123 cm³/mol. The minimum Gasteiger partial charge on any atom is -0.429 e. The van der Waals surface area contributed by atoms with Crippen molar-refractivity contribution in [3.63, 3.8) is 0 Å². The van der Waals surface area contributed by atoms with Crippen molar-refractivity contribution in [3.05, 3.63) is 101 Å². The Morgan fingerprint density at radius 3 is 2.00 bits per heavy atom. The molecule has 0 saturated carbocycles. The number of rotatable bonds is 8. The lowest BCUT2D eigenvalue weighted by Gasteiger charge is -2.20. The summed E-state index contributed by atoms with van der Waals surface area (Å²) in [4.78, 5) is 0. The van der Waals surface area contributed by atoms with E-state index in [1.54, 1.807) is 12.1 Å². The Morgan fingerprint density at radius 2 is 1.36 bits per heavy atom. The van der Waals surface area contributed by atoms with Crippen molar-refractivity contribution >= 4 is 10.8 Å². The van der Waals surface area contributed by atoms with Gasteiger partial charge in [0, 0.05) is 5.39 Å².